The predicted octanol–water partition coefficient (Wildman–Crippen LogP) is 2.07. The summed E-state index contributed by atoms with van der Waals surface area (Å²) in [6.45, 7) is 11.0. The smallest absolute Gasteiger partial charge is 0.219 e. The van der Waals surface area contributed by atoms with Crippen molar-refractivity contribution in [2.75, 3.05) is 13.1 Å². The fraction of sp³-hybridized carbons (Fsp3) is 0.700. The van der Waals surface area contributed by atoms with Gasteiger partial charge < -0.3 is 4.90 Å². The zero-order chi connectivity index (χ0) is 9.56. The van der Waals surface area contributed by atoms with Gasteiger partial charge in [-0.2, -0.15) is 0 Å². The molecule has 0 atom stereocenters. The van der Waals surface area contributed by atoms with Crippen LogP contribution in [0.3, 0.4) is 0 Å². The molecule has 1 amide bonds. The average Bonchev–Trinajstić information content (AvgIpc) is 1.96. The van der Waals surface area contributed by atoms with Crippen LogP contribution < -0.4 is 0 Å². The van der Waals surface area contributed by atoms with Crippen LogP contribution in [0.5, 0.6) is 0 Å². The Balaban J connectivity index is 3.78. The first-order valence-corrected chi connectivity index (χ1v) is 4.44. The lowest BCUT2D eigenvalue weighted by atomic mass is 10.1. The lowest BCUT2D eigenvalue weighted by molar-refractivity contribution is -0.128. The highest BCUT2D eigenvalue weighted by Gasteiger charge is 2.06. The first kappa shape index (κ1) is 11.2. The van der Waals surface area contributed by atoms with Crippen molar-refractivity contribution in [2.45, 2.75) is 27.2 Å². The molecule has 0 radical (unpaired) electrons. The van der Waals surface area contributed by atoms with Crippen molar-refractivity contribution in [1.29, 1.82) is 0 Å². The van der Waals surface area contributed by atoms with Crippen molar-refractivity contribution in [3.05, 3.63) is 12.7 Å². The highest BCUT2D eigenvalue weighted by molar-refractivity contribution is 5.73. The van der Waals surface area contributed by atoms with E-state index in [1.165, 1.54) is 0 Å². The molecule has 0 saturated heterocycles. The Morgan fingerprint density at radius 1 is 1.58 bits per heavy atom. The van der Waals surface area contributed by atoms with Gasteiger partial charge in [-0.25, -0.2) is 0 Å². The molecular formula is C10H19NO. The van der Waals surface area contributed by atoms with E-state index in [0.717, 1.165) is 13.0 Å². The fourth-order valence-corrected chi connectivity index (χ4v) is 0.947. The monoisotopic (exact) mass is 169 g/mol. The summed E-state index contributed by atoms with van der Waals surface area (Å²) in [6.07, 6.45) is 2.83. The summed E-state index contributed by atoms with van der Waals surface area (Å²) in [5.41, 5.74) is 0. The maximum Gasteiger partial charge on any atom is 0.219 e. The van der Waals surface area contributed by atoms with Crippen molar-refractivity contribution in [3.63, 3.8) is 0 Å². The van der Waals surface area contributed by atoms with E-state index in [1.807, 2.05) is 4.90 Å². The van der Waals surface area contributed by atoms with Gasteiger partial charge in [0.15, 0.2) is 0 Å². The van der Waals surface area contributed by atoms with E-state index in [-0.39, 0.29) is 5.91 Å². The van der Waals surface area contributed by atoms with Gasteiger partial charge in [-0.05, 0) is 12.3 Å². The quantitative estimate of drug-likeness (QED) is 0.577. The maximum absolute atomic E-state index is 11.0. The normalized spacial score (nSPS) is 10.0. The van der Waals surface area contributed by atoms with Crippen LogP contribution >= 0.6 is 0 Å². The number of carbonyl (C=O) groups is 1. The second-order valence-electron chi connectivity index (χ2n) is 3.44. The standard InChI is InChI=1S/C10H19NO/c1-5-7-11(10(4)12)8-6-9(2)3/h5,9H,1,6-8H2,2-4H3. The second-order valence-corrected chi connectivity index (χ2v) is 3.44. The lowest BCUT2D eigenvalue weighted by Gasteiger charge is -2.19. The van der Waals surface area contributed by atoms with Crippen LogP contribution in [0.4, 0.5) is 0 Å². The zero-order valence-electron chi connectivity index (χ0n) is 8.34. The van der Waals surface area contributed by atoms with Gasteiger partial charge in [-0.15, -0.1) is 6.58 Å². The Bertz CT molecular complexity index is 152. The third-order valence-corrected chi connectivity index (χ3v) is 1.77. The number of rotatable bonds is 5. The minimum absolute atomic E-state index is 0.135. The van der Waals surface area contributed by atoms with Gasteiger partial charge in [0.05, 0.1) is 0 Å². The Morgan fingerprint density at radius 2 is 2.17 bits per heavy atom. The van der Waals surface area contributed by atoms with Crippen molar-refractivity contribution in [1.82, 2.24) is 4.90 Å². The van der Waals surface area contributed by atoms with Crippen LogP contribution in [-0.2, 0) is 4.79 Å². The van der Waals surface area contributed by atoms with Crippen molar-refractivity contribution < 1.29 is 4.79 Å². The van der Waals surface area contributed by atoms with E-state index in [2.05, 4.69) is 20.4 Å². The summed E-state index contributed by atoms with van der Waals surface area (Å²) in [5, 5.41) is 0. The maximum atomic E-state index is 11.0. The molecule has 0 unspecified atom stereocenters. The SMILES string of the molecule is C=CCN(CCC(C)C)C(C)=O. The number of carbonyl (C=O) groups excluding carboxylic acids is 1. The molecule has 0 aliphatic carbocycles. The molecule has 0 bridgehead atoms. The minimum Gasteiger partial charge on any atom is -0.339 e. The molecule has 12 heavy (non-hydrogen) atoms. The summed E-state index contributed by atoms with van der Waals surface area (Å²) in [7, 11) is 0. The zero-order valence-corrected chi connectivity index (χ0v) is 8.34. The molecule has 2 heteroatoms. The first-order valence-electron chi connectivity index (χ1n) is 4.44. The topological polar surface area (TPSA) is 20.3 Å². The molecule has 0 saturated carbocycles. The van der Waals surface area contributed by atoms with E-state index < -0.39 is 0 Å². The summed E-state index contributed by atoms with van der Waals surface area (Å²) in [5.74, 6) is 0.784. The summed E-state index contributed by atoms with van der Waals surface area (Å²) in [4.78, 5) is 12.8. The third kappa shape index (κ3) is 4.94. The molecule has 70 valence electrons. The van der Waals surface area contributed by atoms with Gasteiger partial charge in [-0.3, -0.25) is 4.79 Å². The van der Waals surface area contributed by atoms with Crippen LogP contribution in [0.25, 0.3) is 0 Å². The molecule has 0 N–H and O–H groups in total. The lowest BCUT2D eigenvalue weighted by Crippen LogP contribution is -2.30. The molecule has 0 fully saturated rings. The second kappa shape index (κ2) is 5.81. The predicted molar refractivity (Wildman–Crippen MR) is 51.9 cm³/mol. The molecule has 0 rings (SSSR count). The third-order valence-electron chi connectivity index (χ3n) is 1.77. The molecule has 0 aliphatic heterocycles. The van der Waals surface area contributed by atoms with E-state index in [9.17, 15) is 4.79 Å². The largest absolute Gasteiger partial charge is 0.339 e. The molecule has 0 aliphatic rings. The van der Waals surface area contributed by atoms with E-state index >= 15 is 0 Å². The van der Waals surface area contributed by atoms with Gasteiger partial charge in [0, 0.05) is 20.0 Å². The average molecular weight is 169 g/mol. The molecular weight excluding hydrogens is 150 g/mol. The summed E-state index contributed by atoms with van der Waals surface area (Å²) in [6, 6.07) is 0. The first-order chi connectivity index (χ1) is 5.57. The number of amides is 1. The van der Waals surface area contributed by atoms with E-state index in [1.54, 1.807) is 13.0 Å². The Morgan fingerprint density at radius 3 is 2.50 bits per heavy atom. The molecule has 0 aromatic carbocycles. The Hall–Kier alpha value is -0.790. The van der Waals surface area contributed by atoms with Gasteiger partial charge in [0.1, 0.15) is 0 Å². The van der Waals surface area contributed by atoms with Gasteiger partial charge in [0.2, 0.25) is 5.91 Å². The number of hydrogen-bond acceptors (Lipinski definition) is 1. The molecule has 0 aromatic heterocycles. The van der Waals surface area contributed by atoms with Crippen molar-refractivity contribution in [2.24, 2.45) is 5.92 Å². The number of hydrogen-bond donors (Lipinski definition) is 0. The summed E-state index contributed by atoms with van der Waals surface area (Å²) >= 11 is 0. The van der Waals surface area contributed by atoms with Crippen LogP contribution in [0.1, 0.15) is 27.2 Å². The highest BCUT2D eigenvalue weighted by atomic mass is 16.2. The highest BCUT2D eigenvalue weighted by Crippen LogP contribution is 2.02. The number of nitrogens with zero attached hydrogens (tertiary/aromatic N) is 1. The molecule has 0 spiro atoms. The Labute approximate surface area is 75.3 Å². The van der Waals surface area contributed by atoms with Crippen LogP contribution in [0.15, 0.2) is 12.7 Å². The van der Waals surface area contributed by atoms with Crippen molar-refractivity contribution in [3.8, 4) is 0 Å². The van der Waals surface area contributed by atoms with E-state index in [4.69, 9.17) is 0 Å². The van der Waals surface area contributed by atoms with Gasteiger partial charge in [0.25, 0.3) is 0 Å². The molecule has 0 aromatic rings. The van der Waals surface area contributed by atoms with Gasteiger partial charge in [-0.1, -0.05) is 19.9 Å². The Kier molecular flexibility index (Phi) is 5.43. The van der Waals surface area contributed by atoms with Crippen LogP contribution in [0, 0.1) is 5.92 Å². The summed E-state index contributed by atoms with van der Waals surface area (Å²) < 4.78 is 0. The molecule has 2 nitrogen and oxygen atoms in total. The van der Waals surface area contributed by atoms with Gasteiger partial charge >= 0.3 is 0 Å². The molecule has 0 heterocycles. The fourth-order valence-electron chi connectivity index (χ4n) is 0.947. The minimum atomic E-state index is 0.135. The van der Waals surface area contributed by atoms with E-state index in [0.29, 0.717) is 12.5 Å². The van der Waals surface area contributed by atoms with Crippen molar-refractivity contribution >= 4 is 5.91 Å². The van der Waals surface area contributed by atoms with Crippen LogP contribution in [0.2, 0.25) is 0 Å². The van der Waals surface area contributed by atoms with Crippen LogP contribution in [-0.4, -0.2) is 23.9 Å².